The fraction of sp³-hybridized carbons (Fsp3) is 0.344. The Kier molecular flexibility index (Phi) is 9.61. The van der Waals surface area contributed by atoms with Crippen molar-refractivity contribution in [2.75, 3.05) is 20.1 Å². The van der Waals surface area contributed by atoms with E-state index in [-0.39, 0.29) is 12.5 Å². The molecule has 0 atom stereocenters. The second kappa shape index (κ2) is 14.0. The third-order valence-electron chi connectivity index (χ3n) is 8.17. The van der Waals surface area contributed by atoms with Gasteiger partial charge in [-0.3, -0.25) is 15.0 Å². The van der Waals surface area contributed by atoms with Gasteiger partial charge in [-0.15, -0.1) is 11.3 Å². The molecule has 0 aliphatic carbocycles. The molecule has 4 aromatic heterocycles. The van der Waals surface area contributed by atoms with Crippen molar-refractivity contribution in [3.8, 4) is 5.88 Å². The molecule has 11 nitrogen and oxygen atoms in total. The van der Waals surface area contributed by atoms with Gasteiger partial charge in [-0.25, -0.2) is 24.1 Å². The van der Waals surface area contributed by atoms with Gasteiger partial charge in [-0.05, 0) is 57.1 Å². The van der Waals surface area contributed by atoms with Crippen LogP contribution in [0.25, 0.3) is 10.3 Å². The number of aromatic nitrogens is 5. The molecule has 3 amide bonds. The number of benzene rings is 1. The van der Waals surface area contributed by atoms with Gasteiger partial charge in [-0.1, -0.05) is 23.7 Å². The molecule has 1 aromatic carbocycles. The number of likely N-dealkylation sites (tertiary alicyclic amines) is 1. The van der Waals surface area contributed by atoms with Gasteiger partial charge < -0.3 is 19.2 Å². The molecular weight excluding hydrogens is 631 g/mol. The molecular formula is C32H34ClFN8O3S. The Morgan fingerprint density at radius 3 is 2.72 bits per heavy atom. The molecule has 5 aromatic rings. The summed E-state index contributed by atoms with van der Waals surface area (Å²) in [6, 6.07) is 11.5. The summed E-state index contributed by atoms with van der Waals surface area (Å²) in [5.41, 5.74) is 3.27. The number of ether oxygens (including phenoxy) is 1. The maximum atomic E-state index is 14.2. The largest absolute Gasteiger partial charge is 0.473 e. The van der Waals surface area contributed by atoms with Crippen LogP contribution in [0.15, 0.2) is 55.0 Å². The van der Waals surface area contributed by atoms with Crippen molar-refractivity contribution in [3.05, 3.63) is 93.5 Å². The molecule has 1 aliphatic rings. The summed E-state index contributed by atoms with van der Waals surface area (Å²) in [6.45, 7) is 5.86. The zero-order valence-electron chi connectivity index (χ0n) is 25.5. The van der Waals surface area contributed by atoms with Gasteiger partial charge in [-0.2, -0.15) is 0 Å². The van der Waals surface area contributed by atoms with Crippen LogP contribution in [0.2, 0.25) is 5.02 Å². The van der Waals surface area contributed by atoms with E-state index < -0.39 is 17.8 Å². The maximum Gasteiger partial charge on any atom is 0.321 e. The third kappa shape index (κ3) is 7.06. The van der Waals surface area contributed by atoms with Crippen molar-refractivity contribution in [2.24, 2.45) is 0 Å². The predicted molar refractivity (Wildman–Crippen MR) is 174 cm³/mol. The molecule has 1 aliphatic heterocycles. The SMILES string of the molecule is CCn1cncc1Cn1c(CN2CCC(c3cccc(OCc4ccc(Cl)cc4F)n3)CC2)nc2sc(C(=O)NC(=O)NC)cc21. The Balaban J connectivity index is 1.14. The van der Waals surface area contributed by atoms with E-state index in [1.165, 1.54) is 24.5 Å². The summed E-state index contributed by atoms with van der Waals surface area (Å²) in [6.07, 6.45) is 5.51. The summed E-state index contributed by atoms with van der Waals surface area (Å²) < 4.78 is 24.2. The number of aryl methyl sites for hydroxylation is 1. The lowest BCUT2D eigenvalue weighted by molar-refractivity contribution is 0.0968. The number of piperidine rings is 1. The lowest BCUT2D eigenvalue weighted by Crippen LogP contribution is -2.37. The molecule has 0 radical (unpaired) electrons. The lowest BCUT2D eigenvalue weighted by atomic mass is 9.93. The second-order valence-electron chi connectivity index (χ2n) is 11.1. The van der Waals surface area contributed by atoms with Crippen LogP contribution in [0, 0.1) is 5.82 Å². The van der Waals surface area contributed by atoms with E-state index in [4.69, 9.17) is 26.3 Å². The van der Waals surface area contributed by atoms with Gasteiger partial charge in [0.25, 0.3) is 5.91 Å². The minimum Gasteiger partial charge on any atom is -0.473 e. The van der Waals surface area contributed by atoms with Crippen molar-refractivity contribution in [2.45, 2.75) is 51.9 Å². The first-order chi connectivity index (χ1) is 22.3. The summed E-state index contributed by atoms with van der Waals surface area (Å²) in [5, 5.41) is 5.08. The topological polar surface area (TPSA) is 119 Å². The highest BCUT2D eigenvalue weighted by molar-refractivity contribution is 7.20. The zero-order valence-corrected chi connectivity index (χ0v) is 27.1. The van der Waals surface area contributed by atoms with Gasteiger partial charge in [0.15, 0.2) is 0 Å². The van der Waals surface area contributed by atoms with Crippen LogP contribution in [-0.2, 0) is 26.2 Å². The predicted octanol–water partition coefficient (Wildman–Crippen LogP) is 5.58. The van der Waals surface area contributed by atoms with Gasteiger partial charge in [0.05, 0.1) is 35.5 Å². The Morgan fingerprint density at radius 1 is 1.13 bits per heavy atom. The summed E-state index contributed by atoms with van der Waals surface area (Å²) in [7, 11) is 1.46. The third-order valence-corrected chi connectivity index (χ3v) is 9.42. The first kappa shape index (κ1) is 31.6. The van der Waals surface area contributed by atoms with Crippen LogP contribution in [-0.4, -0.2) is 61.1 Å². The normalized spacial score (nSPS) is 14.1. The van der Waals surface area contributed by atoms with E-state index in [9.17, 15) is 14.0 Å². The zero-order chi connectivity index (χ0) is 32.2. The number of halogens is 2. The van der Waals surface area contributed by atoms with E-state index >= 15 is 0 Å². The molecule has 46 heavy (non-hydrogen) atoms. The maximum absolute atomic E-state index is 14.2. The van der Waals surface area contributed by atoms with Crippen LogP contribution >= 0.6 is 22.9 Å². The molecule has 6 rings (SSSR count). The first-order valence-corrected chi connectivity index (χ1v) is 16.3. The fourth-order valence-electron chi connectivity index (χ4n) is 5.64. The lowest BCUT2D eigenvalue weighted by Gasteiger charge is -2.31. The molecule has 5 heterocycles. The Bertz CT molecular complexity index is 1860. The molecule has 2 N–H and O–H groups in total. The van der Waals surface area contributed by atoms with Gasteiger partial charge in [0, 0.05) is 48.1 Å². The monoisotopic (exact) mass is 664 g/mol. The molecule has 240 valence electrons. The van der Waals surface area contributed by atoms with Crippen molar-refractivity contribution in [1.82, 2.24) is 39.6 Å². The van der Waals surface area contributed by atoms with Crippen LogP contribution in [0.5, 0.6) is 5.88 Å². The average Bonchev–Trinajstić information content (AvgIpc) is 3.77. The van der Waals surface area contributed by atoms with Crippen LogP contribution in [0.3, 0.4) is 0 Å². The molecule has 14 heteroatoms. The highest BCUT2D eigenvalue weighted by atomic mass is 35.5. The van der Waals surface area contributed by atoms with Gasteiger partial charge >= 0.3 is 6.03 Å². The molecule has 1 fully saturated rings. The highest BCUT2D eigenvalue weighted by Crippen LogP contribution is 2.31. The summed E-state index contributed by atoms with van der Waals surface area (Å²) in [4.78, 5) is 41.9. The standard InChI is InChI=1S/C32H34ClFN8O3S/c1-3-41-19-36-15-23(41)16-42-26-14-27(30(43)39-32(44)35-2)46-31(26)38-28(42)17-40-11-9-20(10-12-40)25-5-4-6-29(37-25)45-18-21-7-8-22(33)13-24(21)34/h4-8,13-15,19-20H,3,9-12,16-18H2,1-2H3,(H2,35,39,43,44). The fourth-order valence-corrected chi connectivity index (χ4v) is 6.75. The van der Waals surface area contributed by atoms with Crippen LogP contribution in [0.4, 0.5) is 9.18 Å². The van der Waals surface area contributed by atoms with Crippen LogP contribution < -0.4 is 15.4 Å². The van der Waals surface area contributed by atoms with E-state index in [0.29, 0.717) is 34.4 Å². The van der Waals surface area contributed by atoms with Crippen molar-refractivity contribution < 1.29 is 18.7 Å². The van der Waals surface area contributed by atoms with E-state index in [1.807, 2.05) is 24.7 Å². The molecule has 0 saturated carbocycles. The number of carbonyl (C=O) groups excluding carboxylic acids is 2. The molecule has 1 saturated heterocycles. The Labute approximate surface area is 274 Å². The van der Waals surface area contributed by atoms with Gasteiger partial charge in [0.2, 0.25) is 5.88 Å². The minimum atomic E-state index is -0.558. The quantitative estimate of drug-likeness (QED) is 0.200. The summed E-state index contributed by atoms with van der Waals surface area (Å²) >= 11 is 7.13. The number of thiophene rings is 1. The number of hydrogen-bond donors (Lipinski definition) is 2. The second-order valence-corrected chi connectivity index (χ2v) is 12.6. The average molecular weight is 665 g/mol. The number of imidazole rings is 2. The van der Waals surface area contributed by atoms with Crippen molar-refractivity contribution in [3.63, 3.8) is 0 Å². The smallest absolute Gasteiger partial charge is 0.321 e. The first-order valence-electron chi connectivity index (χ1n) is 15.1. The highest BCUT2D eigenvalue weighted by Gasteiger charge is 2.25. The number of amides is 3. The van der Waals surface area contributed by atoms with Crippen molar-refractivity contribution >= 4 is 45.2 Å². The molecule has 0 spiro atoms. The number of fused-ring (bicyclic) bond motifs is 1. The number of hydrogen-bond acceptors (Lipinski definition) is 8. The number of rotatable bonds is 10. The minimum absolute atomic E-state index is 0.0707. The molecule has 0 bridgehead atoms. The molecule has 0 unspecified atom stereocenters. The Morgan fingerprint density at radius 2 is 1.96 bits per heavy atom. The van der Waals surface area contributed by atoms with E-state index in [2.05, 4.69) is 36.6 Å². The summed E-state index contributed by atoms with van der Waals surface area (Å²) in [5.74, 6) is 0.780. The van der Waals surface area contributed by atoms with Crippen molar-refractivity contribution in [1.29, 1.82) is 0 Å². The number of nitrogens with zero attached hydrogens (tertiary/aromatic N) is 6. The number of pyridine rings is 1. The van der Waals surface area contributed by atoms with E-state index in [1.54, 1.807) is 24.3 Å². The number of nitrogens with one attached hydrogen (secondary N) is 2. The Hall–Kier alpha value is -4.33. The number of imide groups is 1. The van der Waals surface area contributed by atoms with E-state index in [0.717, 1.165) is 60.0 Å². The van der Waals surface area contributed by atoms with Gasteiger partial charge in [0.1, 0.15) is 23.1 Å². The number of carbonyl (C=O) groups is 2. The van der Waals surface area contributed by atoms with Crippen LogP contribution in [0.1, 0.15) is 58.1 Å². The number of urea groups is 1.